The van der Waals surface area contributed by atoms with E-state index in [-0.39, 0.29) is 0 Å². The molecule has 0 aliphatic carbocycles. The Hall–Kier alpha value is -8.20. The summed E-state index contributed by atoms with van der Waals surface area (Å²) in [5, 5.41) is 0. The molecule has 10 aromatic carbocycles. The van der Waals surface area contributed by atoms with Crippen LogP contribution in [0.3, 0.4) is 0 Å². The van der Waals surface area contributed by atoms with E-state index in [4.69, 9.17) is 0 Å². The molecule has 0 fully saturated rings. The molecule has 0 radical (unpaired) electrons. The van der Waals surface area contributed by atoms with E-state index in [0.29, 0.717) is 0 Å². The SMILES string of the molecule is c1ccc(C2(c3ccccc3)c3ccccc3N(c3ccc(-c4ccc(N5c6ccccc6C(c6ccccc6)(c6ccccc6)c6ccccc65)cc4)cc3)c3ccccc32)cc1. The van der Waals surface area contributed by atoms with Gasteiger partial charge in [-0.3, -0.25) is 0 Å². The van der Waals surface area contributed by atoms with Crippen LogP contribution in [-0.2, 0) is 10.8 Å². The smallest absolute Gasteiger partial charge is 0.0742 e. The van der Waals surface area contributed by atoms with Gasteiger partial charge in [-0.15, -0.1) is 0 Å². The number of hydrogen-bond donors (Lipinski definition) is 0. The Kier molecular flexibility index (Phi) is 8.98. The van der Waals surface area contributed by atoms with Crippen LogP contribution in [0.5, 0.6) is 0 Å². The van der Waals surface area contributed by atoms with Crippen molar-refractivity contribution in [3.63, 3.8) is 0 Å². The molecule has 302 valence electrons. The Morgan fingerprint density at radius 1 is 0.203 bits per heavy atom. The summed E-state index contributed by atoms with van der Waals surface area (Å²) in [6.45, 7) is 0. The zero-order valence-electron chi connectivity index (χ0n) is 35.3. The molecule has 12 rings (SSSR count). The lowest BCUT2D eigenvalue weighted by Gasteiger charge is -2.46. The van der Waals surface area contributed by atoms with Gasteiger partial charge in [-0.2, -0.15) is 0 Å². The molecule has 0 atom stereocenters. The summed E-state index contributed by atoms with van der Waals surface area (Å²) >= 11 is 0. The maximum Gasteiger partial charge on any atom is 0.0742 e. The molecular formula is C62H44N2. The molecule has 0 saturated heterocycles. The fourth-order valence-electron chi connectivity index (χ4n) is 11.0. The number of benzene rings is 10. The zero-order chi connectivity index (χ0) is 42.5. The van der Waals surface area contributed by atoms with E-state index in [1.54, 1.807) is 0 Å². The highest BCUT2D eigenvalue weighted by molar-refractivity contribution is 5.92. The lowest BCUT2D eigenvalue weighted by molar-refractivity contribution is 0.731. The normalized spacial score (nSPS) is 14.1. The van der Waals surface area contributed by atoms with Gasteiger partial charge < -0.3 is 9.80 Å². The number of para-hydroxylation sites is 4. The van der Waals surface area contributed by atoms with Crippen molar-refractivity contribution >= 4 is 34.1 Å². The molecule has 2 aliphatic rings. The van der Waals surface area contributed by atoms with E-state index in [0.717, 1.165) is 11.4 Å². The van der Waals surface area contributed by atoms with Crippen molar-refractivity contribution in [2.45, 2.75) is 10.8 Å². The summed E-state index contributed by atoms with van der Waals surface area (Å²) in [5.41, 5.74) is 18.4. The van der Waals surface area contributed by atoms with Crippen molar-refractivity contribution in [3.05, 3.63) is 311 Å². The van der Waals surface area contributed by atoms with Gasteiger partial charge in [-0.05, 0) is 104 Å². The van der Waals surface area contributed by atoms with Crippen LogP contribution in [0, 0.1) is 0 Å². The number of nitrogens with zero attached hydrogens (tertiary/aromatic N) is 2. The van der Waals surface area contributed by atoms with Crippen molar-refractivity contribution < 1.29 is 0 Å². The molecule has 2 heterocycles. The van der Waals surface area contributed by atoms with Crippen molar-refractivity contribution in [2.24, 2.45) is 0 Å². The van der Waals surface area contributed by atoms with Gasteiger partial charge in [0.05, 0.1) is 33.6 Å². The first-order valence-corrected chi connectivity index (χ1v) is 22.2. The van der Waals surface area contributed by atoms with Crippen LogP contribution in [0.25, 0.3) is 11.1 Å². The van der Waals surface area contributed by atoms with Gasteiger partial charge in [0.1, 0.15) is 0 Å². The minimum atomic E-state index is -0.492. The maximum atomic E-state index is 2.44. The first-order valence-electron chi connectivity index (χ1n) is 22.2. The molecule has 2 aliphatic heterocycles. The minimum Gasteiger partial charge on any atom is -0.310 e. The Labute approximate surface area is 375 Å². The molecule has 64 heavy (non-hydrogen) atoms. The van der Waals surface area contributed by atoms with Crippen LogP contribution < -0.4 is 9.80 Å². The van der Waals surface area contributed by atoms with Crippen LogP contribution in [0.1, 0.15) is 44.5 Å². The van der Waals surface area contributed by atoms with Gasteiger partial charge in [0.2, 0.25) is 0 Å². The quantitative estimate of drug-likeness (QED) is 0.158. The fourth-order valence-corrected chi connectivity index (χ4v) is 11.0. The van der Waals surface area contributed by atoms with Gasteiger partial charge in [-0.1, -0.05) is 218 Å². The molecule has 0 unspecified atom stereocenters. The maximum absolute atomic E-state index is 2.44. The molecule has 0 aromatic heterocycles. The predicted octanol–water partition coefficient (Wildman–Crippen LogP) is 15.7. The van der Waals surface area contributed by atoms with E-state index in [2.05, 4.69) is 277 Å². The van der Waals surface area contributed by atoms with Gasteiger partial charge in [-0.25, -0.2) is 0 Å². The number of anilines is 6. The summed E-state index contributed by atoms with van der Waals surface area (Å²) < 4.78 is 0. The third-order valence-electron chi connectivity index (χ3n) is 13.6. The van der Waals surface area contributed by atoms with E-state index < -0.39 is 10.8 Å². The van der Waals surface area contributed by atoms with E-state index in [1.165, 1.54) is 78.4 Å². The van der Waals surface area contributed by atoms with Crippen molar-refractivity contribution in [1.82, 2.24) is 0 Å². The number of fused-ring (bicyclic) bond motifs is 4. The molecule has 0 saturated carbocycles. The highest BCUT2D eigenvalue weighted by atomic mass is 15.2. The lowest BCUT2D eigenvalue weighted by atomic mass is 9.62. The van der Waals surface area contributed by atoms with Crippen LogP contribution in [0.15, 0.2) is 267 Å². The summed E-state index contributed by atoms with van der Waals surface area (Å²) in [5.74, 6) is 0. The summed E-state index contributed by atoms with van der Waals surface area (Å²) in [7, 11) is 0. The Bertz CT molecular complexity index is 2850. The fraction of sp³-hybridized carbons (Fsp3) is 0.0323. The highest BCUT2D eigenvalue weighted by Gasteiger charge is 2.47. The summed E-state index contributed by atoms with van der Waals surface area (Å²) in [4.78, 5) is 4.88. The van der Waals surface area contributed by atoms with Crippen LogP contribution in [-0.4, -0.2) is 0 Å². The van der Waals surface area contributed by atoms with Gasteiger partial charge in [0.25, 0.3) is 0 Å². The largest absolute Gasteiger partial charge is 0.310 e. The molecule has 2 heteroatoms. The lowest BCUT2D eigenvalue weighted by Crippen LogP contribution is -2.37. The number of rotatable bonds is 7. The molecular weight excluding hydrogens is 773 g/mol. The van der Waals surface area contributed by atoms with Gasteiger partial charge in [0, 0.05) is 11.4 Å². The zero-order valence-corrected chi connectivity index (χ0v) is 35.3. The molecule has 10 aromatic rings. The molecule has 0 spiro atoms. The van der Waals surface area contributed by atoms with Crippen LogP contribution in [0.4, 0.5) is 34.1 Å². The third-order valence-corrected chi connectivity index (χ3v) is 13.6. The average molecular weight is 817 g/mol. The predicted molar refractivity (Wildman–Crippen MR) is 265 cm³/mol. The highest BCUT2D eigenvalue weighted by Crippen LogP contribution is 2.59. The van der Waals surface area contributed by atoms with Crippen molar-refractivity contribution in [1.29, 1.82) is 0 Å². The second-order valence-corrected chi connectivity index (χ2v) is 16.8. The molecule has 0 bridgehead atoms. The standard InChI is InChI=1S/C62H44N2/c1-5-21-47(22-6-1)61(48-23-7-2-8-24-48)53-29-13-17-33-57(53)63(58-34-18-14-30-54(58)61)51-41-37-45(38-42-51)46-39-43-52(44-40-46)64-59-35-19-15-31-55(59)62(49-25-9-3-10-26-49,50-27-11-4-12-28-50)56-32-16-20-36-60(56)64/h1-44H. The van der Waals surface area contributed by atoms with Gasteiger partial charge >= 0.3 is 0 Å². The molecule has 0 amide bonds. The minimum absolute atomic E-state index is 0.492. The Balaban J connectivity index is 0.934. The first-order chi connectivity index (χ1) is 31.8. The topological polar surface area (TPSA) is 6.48 Å². The van der Waals surface area contributed by atoms with E-state index in [1.807, 2.05) is 0 Å². The van der Waals surface area contributed by atoms with Crippen LogP contribution >= 0.6 is 0 Å². The van der Waals surface area contributed by atoms with E-state index in [9.17, 15) is 0 Å². The second kappa shape index (κ2) is 15.3. The second-order valence-electron chi connectivity index (χ2n) is 16.8. The van der Waals surface area contributed by atoms with Crippen molar-refractivity contribution in [3.8, 4) is 11.1 Å². The third kappa shape index (κ3) is 5.59. The van der Waals surface area contributed by atoms with Crippen LogP contribution in [0.2, 0.25) is 0 Å². The van der Waals surface area contributed by atoms with Crippen molar-refractivity contribution in [2.75, 3.05) is 9.80 Å². The summed E-state index contributed by atoms with van der Waals surface area (Å²) in [6.07, 6.45) is 0. The first kappa shape index (κ1) is 37.6. The van der Waals surface area contributed by atoms with E-state index >= 15 is 0 Å². The molecule has 0 N–H and O–H groups in total. The monoisotopic (exact) mass is 816 g/mol. The Morgan fingerprint density at radius 3 is 0.672 bits per heavy atom. The summed E-state index contributed by atoms with van der Waals surface area (Å²) in [6, 6.07) is 97.9. The van der Waals surface area contributed by atoms with Gasteiger partial charge in [0.15, 0.2) is 0 Å². The molecule has 2 nitrogen and oxygen atoms in total. The number of hydrogen-bond acceptors (Lipinski definition) is 2. The Morgan fingerprint density at radius 2 is 0.422 bits per heavy atom. The average Bonchev–Trinajstić information content (AvgIpc) is 3.38.